The Bertz CT molecular complexity index is 316. The first-order valence-electron chi connectivity index (χ1n) is 4.90. The number of hydrogen-bond donors (Lipinski definition) is 2. The highest BCUT2D eigenvalue weighted by atomic mass is 16.3. The van der Waals surface area contributed by atoms with E-state index in [0.717, 1.165) is 19.6 Å². The normalized spacial score (nSPS) is 22.4. The minimum Gasteiger partial charge on any atom is -0.504 e. The molecule has 76 valence electrons. The first kappa shape index (κ1) is 9.27. The van der Waals surface area contributed by atoms with E-state index in [0.29, 0.717) is 11.9 Å². The average Bonchev–Trinajstić information content (AvgIpc) is 2.20. The predicted molar refractivity (Wildman–Crippen MR) is 55.6 cm³/mol. The molecular weight excluding hydrogens is 178 g/mol. The van der Waals surface area contributed by atoms with Gasteiger partial charge in [-0.05, 0) is 19.1 Å². The van der Waals surface area contributed by atoms with Crippen molar-refractivity contribution in [2.75, 3.05) is 24.5 Å². The first-order chi connectivity index (χ1) is 6.79. The van der Waals surface area contributed by atoms with Gasteiger partial charge in [0, 0.05) is 31.9 Å². The summed E-state index contributed by atoms with van der Waals surface area (Å²) in [7, 11) is 0. The van der Waals surface area contributed by atoms with Gasteiger partial charge in [-0.25, -0.2) is 4.98 Å². The van der Waals surface area contributed by atoms with Crippen LogP contribution in [0.25, 0.3) is 0 Å². The van der Waals surface area contributed by atoms with Crippen LogP contribution in [0.15, 0.2) is 18.3 Å². The lowest BCUT2D eigenvalue weighted by atomic mass is 10.2. The van der Waals surface area contributed by atoms with Crippen molar-refractivity contribution in [2.45, 2.75) is 13.0 Å². The van der Waals surface area contributed by atoms with Crippen LogP contribution in [0.3, 0.4) is 0 Å². The summed E-state index contributed by atoms with van der Waals surface area (Å²) in [4.78, 5) is 6.33. The lowest BCUT2D eigenvalue weighted by Gasteiger charge is -2.35. The van der Waals surface area contributed by atoms with Crippen molar-refractivity contribution in [1.82, 2.24) is 10.3 Å². The Morgan fingerprint density at radius 1 is 1.64 bits per heavy atom. The second-order valence-corrected chi connectivity index (χ2v) is 3.59. The van der Waals surface area contributed by atoms with Crippen molar-refractivity contribution in [3.63, 3.8) is 0 Å². The van der Waals surface area contributed by atoms with Gasteiger partial charge in [-0.15, -0.1) is 0 Å². The molecule has 2 rings (SSSR count). The van der Waals surface area contributed by atoms with Crippen LogP contribution in [-0.4, -0.2) is 35.8 Å². The van der Waals surface area contributed by atoms with Crippen molar-refractivity contribution in [1.29, 1.82) is 0 Å². The summed E-state index contributed by atoms with van der Waals surface area (Å²) in [6, 6.07) is 3.80. The standard InChI is InChI=1S/C10H15N3O/c1-8-7-11-5-6-13(8)10-9(14)3-2-4-12-10/h2-4,8,11,14H,5-7H2,1H3. The molecule has 0 radical (unpaired) electrons. The van der Waals surface area contributed by atoms with Crippen molar-refractivity contribution in [2.24, 2.45) is 0 Å². The third kappa shape index (κ3) is 1.65. The lowest BCUT2D eigenvalue weighted by Crippen LogP contribution is -2.50. The molecule has 4 nitrogen and oxygen atoms in total. The van der Waals surface area contributed by atoms with E-state index in [9.17, 15) is 5.11 Å². The van der Waals surface area contributed by atoms with Crippen LogP contribution >= 0.6 is 0 Å². The molecule has 1 atom stereocenters. The highest BCUT2D eigenvalue weighted by Gasteiger charge is 2.21. The molecule has 0 aromatic carbocycles. The Morgan fingerprint density at radius 2 is 2.50 bits per heavy atom. The van der Waals surface area contributed by atoms with E-state index in [1.165, 1.54) is 0 Å². The highest BCUT2D eigenvalue weighted by molar-refractivity contribution is 5.52. The maximum absolute atomic E-state index is 9.66. The zero-order valence-corrected chi connectivity index (χ0v) is 8.27. The molecule has 0 saturated carbocycles. The van der Waals surface area contributed by atoms with Gasteiger partial charge in [-0.3, -0.25) is 0 Å². The Balaban J connectivity index is 2.25. The molecule has 1 aromatic rings. The maximum Gasteiger partial charge on any atom is 0.171 e. The number of hydrogen-bond acceptors (Lipinski definition) is 4. The number of rotatable bonds is 1. The maximum atomic E-state index is 9.66. The summed E-state index contributed by atoms with van der Waals surface area (Å²) >= 11 is 0. The highest BCUT2D eigenvalue weighted by Crippen LogP contribution is 2.25. The smallest absolute Gasteiger partial charge is 0.171 e. The van der Waals surface area contributed by atoms with Gasteiger partial charge < -0.3 is 15.3 Å². The Kier molecular flexibility index (Phi) is 2.54. The second kappa shape index (κ2) is 3.84. The lowest BCUT2D eigenvalue weighted by molar-refractivity contribution is 0.452. The predicted octanol–water partition coefficient (Wildman–Crippen LogP) is 0.585. The molecule has 0 amide bonds. The van der Waals surface area contributed by atoms with Gasteiger partial charge in [0.05, 0.1) is 0 Å². The summed E-state index contributed by atoms with van der Waals surface area (Å²) in [5, 5.41) is 13.0. The topological polar surface area (TPSA) is 48.4 Å². The van der Waals surface area contributed by atoms with Crippen molar-refractivity contribution in [3.05, 3.63) is 18.3 Å². The van der Waals surface area contributed by atoms with Crippen LogP contribution in [0.1, 0.15) is 6.92 Å². The fraction of sp³-hybridized carbons (Fsp3) is 0.500. The summed E-state index contributed by atoms with van der Waals surface area (Å²) in [6.45, 7) is 4.91. The van der Waals surface area contributed by atoms with Crippen LogP contribution < -0.4 is 10.2 Å². The van der Waals surface area contributed by atoms with E-state index in [-0.39, 0.29) is 5.75 Å². The molecule has 1 fully saturated rings. The van der Waals surface area contributed by atoms with Gasteiger partial charge in [-0.2, -0.15) is 0 Å². The van der Waals surface area contributed by atoms with E-state index >= 15 is 0 Å². The molecule has 1 saturated heterocycles. The van der Waals surface area contributed by atoms with E-state index in [1.54, 1.807) is 18.3 Å². The van der Waals surface area contributed by atoms with Crippen LogP contribution in [-0.2, 0) is 0 Å². The number of nitrogens with zero attached hydrogens (tertiary/aromatic N) is 2. The molecule has 1 aromatic heterocycles. The zero-order chi connectivity index (χ0) is 9.97. The van der Waals surface area contributed by atoms with Gasteiger partial charge in [0.1, 0.15) is 0 Å². The Morgan fingerprint density at radius 3 is 3.21 bits per heavy atom. The third-order valence-electron chi connectivity index (χ3n) is 2.54. The monoisotopic (exact) mass is 193 g/mol. The molecule has 2 N–H and O–H groups in total. The Hall–Kier alpha value is -1.29. The first-order valence-corrected chi connectivity index (χ1v) is 4.90. The van der Waals surface area contributed by atoms with Gasteiger partial charge in [0.25, 0.3) is 0 Å². The fourth-order valence-electron chi connectivity index (χ4n) is 1.77. The van der Waals surface area contributed by atoms with Crippen LogP contribution in [0.5, 0.6) is 5.75 Å². The number of aromatic nitrogens is 1. The molecular formula is C10H15N3O. The molecule has 0 aliphatic carbocycles. The largest absolute Gasteiger partial charge is 0.504 e. The van der Waals surface area contributed by atoms with E-state index < -0.39 is 0 Å². The van der Waals surface area contributed by atoms with Gasteiger partial charge in [0.15, 0.2) is 11.6 Å². The van der Waals surface area contributed by atoms with Crippen molar-refractivity contribution < 1.29 is 5.11 Å². The third-order valence-corrected chi connectivity index (χ3v) is 2.54. The van der Waals surface area contributed by atoms with E-state index in [4.69, 9.17) is 0 Å². The van der Waals surface area contributed by atoms with Crippen LogP contribution in [0.2, 0.25) is 0 Å². The molecule has 4 heteroatoms. The molecule has 2 heterocycles. The zero-order valence-electron chi connectivity index (χ0n) is 8.27. The van der Waals surface area contributed by atoms with Crippen molar-refractivity contribution >= 4 is 5.82 Å². The summed E-state index contributed by atoms with van der Waals surface area (Å²) < 4.78 is 0. The number of anilines is 1. The molecule has 14 heavy (non-hydrogen) atoms. The van der Waals surface area contributed by atoms with Gasteiger partial charge in [0.2, 0.25) is 0 Å². The van der Waals surface area contributed by atoms with E-state index in [2.05, 4.69) is 22.1 Å². The number of aromatic hydroxyl groups is 1. The molecule has 1 aliphatic heterocycles. The van der Waals surface area contributed by atoms with Crippen molar-refractivity contribution in [3.8, 4) is 5.75 Å². The van der Waals surface area contributed by atoms with Crippen LogP contribution in [0.4, 0.5) is 5.82 Å². The fourth-order valence-corrected chi connectivity index (χ4v) is 1.77. The van der Waals surface area contributed by atoms with E-state index in [1.807, 2.05) is 0 Å². The summed E-state index contributed by atoms with van der Waals surface area (Å²) in [5.41, 5.74) is 0. The minimum absolute atomic E-state index is 0.265. The quantitative estimate of drug-likeness (QED) is 0.685. The molecule has 1 aliphatic rings. The number of piperazine rings is 1. The van der Waals surface area contributed by atoms with Gasteiger partial charge in [-0.1, -0.05) is 0 Å². The average molecular weight is 193 g/mol. The number of nitrogens with one attached hydrogen (secondary N) is 1. The second-order valence-electron chi connectivity index (χ2n) is 3.59. The van der Waals surface area contributed by atoms with Crippen LogP contribution in [0, 0.1) is 0 Å². The minimum atomic E-state index is 0.265. The van der Waals surface area contributed by atoms with Gasteiger partial charge >= 0.3 is 0 Å². The molecule has 0 spiro atoms. The number of pyridine rings is 1. The molecule has 0 bridgehead atoms. The summed E-state index contributed by atoms with van der Waals surface area (Å²) in [5.74, 6) is 0.961. The molecule has 1 unspecified atom stereocenters. The Labute approximate surface area is 83.6 Å². The SMILES string of the molecule is CC1CNCCN1c1ncccc1O. The summed E-state index contributed by atoms with van der Waals surface area (Å²) in [6.07, 6.45) is 1.71.